The van der Waals surface area contributed by atoms with Crippen molar-refractivity contribution in [3.05, 3.63) is 41.5 Å². The summed E-state index contributed by atoms with van der Waals surface area (Å²) >= 11 is 2.04. The van der Waals surface area contributed by atoms with E-state index in [1.165, 1.54) is 37.0 Å². The molecule has 2 nitrogen and oxygen atoms in total. The molecule has 3 heteroatoms. The summed E-state index contributed by atoms with van der Waals surface area (Å²) in [4.78, 5) is 0. The number of ether oxygens (including phenoxy) is 2. The average molecular weight is 330 g/mol. The minimum atomic E-state index is 0.223. The lowest BCUT2D eigenvalue weighted by Crippen LogP contribution is -2.35. The van der Waals surface area contributed by atoms with Gasteiger partial charge in [-0.2, -0.15) is 11.8 Å². The van der Waals surface area contributed by atoms with Crippen LogP contribution < -0.4 is 4.74 Å². The maximum Gasteiger partial charge on any atom is 0.119 e. The van der Waals surface area contributed by atoms with Gasteiger partial charge in [0.05, 0.1) is 6.10 Å². The second-order valence-electron chi connectivity index (χ2n) is 6.85. The molecule has 2 fully saturated rings. The second kappa shape index (κ2) is 6.90. The highest BCUT2D eigenvalue weighted by Gasteiger charge is 2.38. The first kappa shape index (κ1) is 15.6. The van der Waals surface area contributed by atoms with Crippen molar-refractivity contribution in [3.8, 4) is 5.75 Å². The summed E-state index contributed by atoms with van der Waals surface area (Å²) in [6.07, 6.45) is 7.78. The molecule has 1 saturated carbocycles. The summed E-state index contributed by atoms with van der Waals surface area (Å²) in [5.74, 6) is 3.54. The fraction of sp³-hybridized carbons (Fsp3) is 0.600. The Morgan fingerprint density at radius 2 is 2.00 bits per heavy atom. The summed E-state index contributed by atoms with van der Waals surface area (Å²) in [5, 5.41) is 0.673. The van der Waals surface area contributed by atoms with Crippen molar-refractivity contribution in [2.24, 2.45) is 5.92 Å². The van der Waals surface area contributed by atoms with E-state index in [0.29, 0.717) is 17.8 Å². The number of hydrogen-bond acceptors (Lipinski definition) is 3. The van der Waals surface area contributed by atoms with Gasteiger partial charge in [0.2, 0.25) is 0 Å². The molecule has 1 saturated heterocycles. The van der Waals surface area contributed by atoms with E-state index >= 15 is 0 Å². The molecule has 1 aliphatic heterocycles. The van der Waals surface area contributed by atoms with Crippen molar-refractivity contribution >= 4 is 11.8 Å². The quantitative estimate of drug-likeness (QED) is 0.669. The van der Waals surface area contributed by atoms with Crippen molar-refractivity contribution in [2.45, 2.75) is 49.9 Å². The van der Waals surface area contributed by atoms with E-state index in [1.807, 2.05) is 11.8 Å². The highest BCUT2D eigenvalue weighted by Crippen LogP contribution is 2.44. The summed E-state index contributed by atoms with van der Waals surface area (Å²) < 4.78 is 12.1. The standard InChI is InChI=1S/C20H26O2S/c1-2-23-20-12-18(20)17-4-3-11-21-19(17)13-22-16-9-7-15(8-10-16)14-5-6-14/h7-10,12,14,17,19-20H,2-6,11,13H2,1H3/t17?,19-,20-/m1/s1. The number of benzene rings is 1. The highest BCUT2D eigenvalue weighted by molar-refractivity contribution is 8.00. The van der Waals surface area contributed by atoms with Crippen molar-refractivity contribution in [1.82, 2.24) is 0 Å². The topological polar surface area (TPSA) is 18.5 Å². The fourth-order valence-corrected chi connectivity index (χ4v) is 4.58. The van der Waals surface area contributed by atoms with E-state index in [1.54, 1.807) is 5.57 Å². The zero-order valence-corrected chi connectivity index (χ0v) is 14.7. The van der Waals surface area contributed by atoms with Crippen LogP contribution in [0.25, 0.3) is 0 Å². The zero-order valence-electron chi connectivity index (χ0n) is 13.9. The normalized spacial score (nSPS) is 30.0. The van der Waals surface area contributed by atoms with Crippen LogP contribution in [0.2, 0.25) is 0 Å². The van der Waals surface area contributed by atoms with Gasteiger partial charge in [-0.15, -0.1) is 0 Å². The van der Waals surface area contributed by atoms with Crippen molar-refractivity contribution in [3.63, 3.8) is 0 Å². The summed E-state index contributed by atoms with van der Waals surface area (Å²) in [6.45, 7) is 3.79. The minimum absolute atomic E-state index is 0.223. The molecule has 0 amide bonds. The molecule has 3 aliphatic rings. The zero-order chi connectivity index (χ0) is 15.6. The second-order valence-corrected chi connectivity index (χ2v) is 8.27. The predicted molar refractivity (Wildman–Crippen MR) is 96.4 cm³/mol. The minimum Gasteiger partial charge on any atom is -0.491 e. The van der Waals surface area contributed by atoms with Gasteiger partial charge in [0.25, 0.3) is 0 Å². The molecule has 0 spiro atoms. The van der Waals surface area contributed by atoms with Crippen LogP contribution in [0.4, 0.5) is 0 Å². The van der Waals surface area contributed by atoms with E-state index in [0.717, 1.165) is 18.3 Å². The molecule has 2 aliphatic carbocycles. The van der Waals surface area contributed by atoms with E-state index in [-0.39, 0.29) is 6.10 Å². The van der Waals surface area contributed by atoms with Crippen LogP contribution in [0.3, 0.4) is 0 Å². The van der Waals surface area contributed by atoms with Gasteiger partial charge in [-0.25, -0.2) is 0 Å². The van der Waals surface area contributed by atoms with Gasteiger partial charge in [0, 0.05) is 17.8 Å². The molecule has 1 aromatic rings. The first-order valence-electron chi connectivity index (χ1n) is 9.02. The molecule has 3 atom stereocenters. The van der Waals surface area contributed by atoms with Gasteiger partial charge in [0.1, 0.15) is 12.4 Å². The first-order valence-corrected chi connectivity index (χ1v) is 10.1. The molecular weight excluding hydrogens is 304 g/mol. The van der Waals surface area contributed by atoms with Gasteiger partial charge in [-0.3, -0.25) is 0 Å². The first-order chi connectivity index (χ1) is 11.3. The maximum atomic E-state index is 6.04. The number of rotatable bonds is 7. The fourth-order valence-electron chi connectivity index (χ4n) is 3.60. The molecule has 23 heavy (non-hydrogen) atoms. The van der Waals surface area contributed by atoms with Gasteiger partial charge in [-0.05, 0) is 55.1 Å². The van der Waals surface area contributed by atoms with E-state index in [4.69, 9.17) is 9.47 Å². The van der Waals surface area contributed by atoms with Crippen LogP contribution in [0.1, 0.15) is 44.1 Å². The SMILES string of the molecule is CCS[C@@H]1C=C1C1CCCO[C@@H]1COc1ccc(C2CC2)cc1. The van der Waals surface area contributed by atoms with Crippen LogP contribution in [0, 0.1) is 5.92 Å². The predicted octanol–water partition coefficient (Wildman–Crippen LogP) is 4.80. The lowest BCUT2D eigenvalue weighted by atomic mass is 9.92. The molecule has 124 valence electrons. The Morgan fingerprint density at radius 3 is 2.74 bits per heavy atom. The monoisotopic (exact) mass is 330 g/mol. The average Bonchev–Trinajstić information content (AvgIpc) is 3.49. The molecule has 0 N–H and O–H groups in total. The Labute approximate surface area is 143 Å². The Bertz CT molecular complexity index is 562. The summed E-state index contributed by atoms with van der Waals surface area (Å²) in [5.41, 5.74) is 3.07. The maximum absolute atomic E-state index is 6.04. The molecule has 1 heterocycles. The lowest BCUT2D eigenvalue weighted by molar-refractivity contribution is -0.0374. The molecule has 1 aromatic carbocycles. The van der Waals surface area contributed by atoms with E-state index in [2.05, 4.69) is 37.3 Å². The smallest absolute Gasteiger partial charge is 0.119 e. The highest BCUT2D eigenvalue weighted by atomic mass is 32.2. The Morgan fingerprint density at radius 1 is 1.17 bits per heavy atom. The van der Waals surface area contributed by atoms with Crippen molar-refractivity contribution in [1.29, 1.82) is 0 Å². The van der Waals surface area contributed by atoms with Gasteiger partial charge in [-0.1, -0.05) is 30.7 Å². The Balaban J connectivity index is 1.32. The molecular formula is C20H26O2S. The molecule has 0 bridgehead atoms. The van der Waals surface area contributed by atoms with E-state index in [9.17, 15) is 0 Å². The third-order valence-electron chi connectivity index (χ3n) is 5.12. The Hall–Kier alpha value is -0.930. The molecule has 0 aromatic heterocycles. The van der Waals surface area contributed by atoms with Gasteiger partial charge in [0.15, 0.2) is 0 Å². The third kappa shape index (κ3) is 3.77. The lowest BCUT2D eigenvalue weighted by Gasteiger charge is -2.31. The molecule has 0 radical (unpaired) electrons. The largest absolute Gasteiger partial charge is 0.491 e. The van der Waals surface area contributed by atoms with Crippen LogP contribution in [-0.4, -0.2) is 30.3 Å². The van der Waals surface area contributed by atoms with Crippen molar-refractivity contribution < 1.29 is 9.47 Å². The van der Waals surface area contributed by atoms with E-state index < -0.39 is 0 Å². The van der Waals surface area contributed by atoms with Gasteiger partial charge >= 0.3 is 0 Å². The summed E-state index contributed by atoms with van der Waals surface area (Å²) in [7, 11) is 0. The molecule has 1 unspecified atom stereocenters. The third-order valence-corrected chi connectivity index (χ3v) is 6.22. The van der Waals surface area contributed by atoms with Crippen LogP contribution in [-0.2, 0) is 4.74 Å². The van der Waals surface area contributed by atoms with Gasteiger partial charge < -0.3 is 9.47 Å². The number of hydrogen-bond donors (Lipinski definition) is 0. The van der Waals surface area contributed by atoms with Crippen LogP contribution in [0.5, 0.6) is 5.75 Å². The number of thioether (sulfide) groups is 1. The van der Waals surface area contributed by atoms with Crippen LogP contribution in [0.15, 0.2) is 35.9 Å². The summed E-state index contributed by atoms with van der Waals surface area (Å²) in [6, 6.07) is 8.70. The van der Waals surface area contributed by atoms with Crippen LogP contribution >= 0.6 is 11.8 Å². The Kier molecular flexibility index (Phi) is 4.68. The molecule has 4 rings (SSSR count). The van der Waals surface area contributed by atoms with Crippen molar-refractivity contribution in [2.75, 3.05) is 19.0 Å².